The molecule has 3 nitrogen and oxygen atoms in total. The quantitative estimate of drug-likeness (QED) is 0.831. The second kappa shape index (κ2) is 7.57. The Morgan fingerprint density at radius 2 is 2.10 bits per heavy atom. The Labute approximate surface area is 130 Å². The molecule has 5 heteroatoms. The molecule has 0 fully saturated rings. The summed E-state index contributed by atoms with van der Waals surface area (Å²) in [4.78, 5) is 0. The molecule has 0 saturated carbocycles. The van der Waals surface area contributed by atoms with E-state index in [9.17, 15) is 4.39 Å². The number of nitrogens with one attached hydrogen (secondary N) is 1. The molecule has 21 heavy (non-hydrogen) atoms. The number of aryl methyl sites for hydroxylation is 1. The molecule has 1 aromatic heterocycles. The number of benzene rings is 1. The van der Waals surface area contributed by atoms with Gasteiger partial charge in [-0.25, -0.2) is 4.39 Å². The van der Waals surface area contributed by atoms with E-state index in [-0.39, 0.29) is 11.1 Å². The lowest BCUT2D eigenvalue weighted by Crippen LogP contribution is -2.23. The Morgan fingerprint density at radius 1 is 1.29 bits per heavy atom. The molecular formula is C16H21ClFN3. The molecule has 1 heterocycles. The third kappa shape index (κ3) is 4.05. The van der Waals surface area contributed by atoms with Crippen LogP contribution in [-0.4, -0.2) is 16.3 Å². The number of halogens is 2. The summed E-state index contributed by atoms with van der Waals surface area (Å²) in [5, 5.41) is 7.99. The number of hydrogen-bond acceptors (Lipinski definition) is 2. The number of hydrogen-bond donors (Lipinski definition) is 1. The highest BCUT2D eigenvalue weighted by Gasteiger charge is 2.16. The van der Waals surface area contributed by atoms with Crippen molar-refractivity contribution < 1.29 is 4.39 Å². The summed E-state index contributed by atoms with van der Waals surface area (Å²) < 4.78 is 15.3. The summed E-state index contributed by atoms with van der Waals surface area (Å²) in [6, 6.07) is 4.84. The van der Waals surface area contributed by atoms with Gasteiger partial charge in [-0.15, -0.1) is 0 Å². The number of aromatic nitrogens is 2. The molecule has 2 rings (SSSR count). The van der Waals surface area contributed by atoms with Crippen LogP contribution in [0.1, 0.15) is 43.9 Å². The molecule has 114 valence electrons. The summed E-state index contributed by atoms with van der Waals surface area (Å²) in [6.45, 7) is 6.00. The van der Waals surface area contributed by atoms with E-state index in [1.807, 2.05) is 17.1 Å². The van der Waals surface area contributed by atoms with Crippen LogP contribution in [0.4, 0.5) is 4.39 Å². The second-order valence-corrected chi connectivity index (χ2v) is 5.50. The molecule has 1 unspecified atom stereocenters. The van der Waals surface area contributed by atoms with Crippen LogP contribution in [0.2, 0.25) is 5.02 Å². The predicted octanol–water partition coefficient (Wildman–Crippen LogP) is 4.17. The third-order valence-corrected chi connectivity index (χ3v) is 3.60. The SMILES string of the molecule is CCCNC(c1ccc(F)c(Cl)c1)c1cnn(CCC)c1. The molecule has 0 amide bonds. The first-order valence-electron chi connectivity index (χ1n) is 7.36. The van der Waals surface area contributed by atoms with Crippen molar-refractivity contribution in [1.29, 1.82) is 0 Å². The van der Waals surface area contributed by atoms with E-state index in [0.717, 1.165) is 37.1 Å². The van der Waals surface area contributed by atoms with Gasteiger partial charge in [-0.1, -0.05) is 31.5 Å². The Bertz CT molecular complexity index is 583. The lowest BCUT2D eigenvalue weighted by Gasteiger charge is -2.18. The summed E-state index contributed by atoms with van der Waals surface area (Å²) in [6.07, 6.45) is 5.96. The standard InChI is InChI=1S/C16H21ClFN3/c1-3-7-19-16(12-5-6-15(18)14(17)9-12)13-10-20-21(11-13)8-4-2/h5-6,9-11,16,19H,3-4,7-8H2,1-2H3. The maximum atomic E-state index is 13.4. The lowest BCUT2D eigenvalue weighted by molar-refractivity contribution is 0.585. The smallest absolute Gasteiger partial charge is 0.141 e. The summed E-state index contributed by atoms with van der Waals surface area (Å²) >= 11 is 5.91. The van der Waals surface area contributed by atoms with Crippen LogP contribution in [0.5, 0.6) is 0 Å². The zero-order chi connectivity index (χ0) is 15.2. The highest BCUT2D eigenvalue weighted by atomic mass is 35.5. The average Bonchev–Trinajstić information content (AvgIpc) is 2.92. The van der Waals surface area contributed by atoms with Crippen molar-refractivity contribution in [2.24, 2.45) is 0 Å². The van der Waals surface area contributed by atoms with Gasteiger partial charge >= 0.3 is 0 Å². The highest BCUT2D eigenvalue weighted by molar-refractivity contribution is 6.30. The van der Waals surface area contributed by atoms with Crippen molar-refractivity contribution >= 4 is 11.6 Å². The van der Waals surface area contributed by atoms with E-state index in [1.165, 1.54) is 6.07 Å². The van der Waals surface area contributed by atoms with E-state index in [0.29, 0.717) is 0 Å². The molecule has 1 atom stereocenters. The van der Waals surface area contributed by atoms with E-state index >= 15 is 0 Å². The zero-order valence-electron chi connectivity index (χ0n) is 12.4. The first-order valence-corrected chi connectivity index (χ1v) is 7.74. The Kier molecular flexibility index (Phi) is 5.76. The minimum atomic E-state index is -0.392. The van der Waals surface area contributed by atoms with Gasteiger partial charge in [0.05, 0.1) is 17.3 Å². The van der Waals surface area contributed by atoms with E-state index < -0.39 is 5.82 Å². The zero-order valence-corrected chi connectivity index (χ0v) is 13.2. The fraction of sp³-hybridized carbons (Fsp3) is 0.438. The molecule has 0 radical (unpaired) electrons. The molecule has 0 aliphatic rings. The Hall–Kier alpha value is -1.39. The van der Waals surface area contributed by atoms with Gasteiger partial charge in [0.2, 0.25) is 0 Å². The van der Waals surface area contributed by atoms with Gasteiger partial charge in [0.1, 0.15) is 5.82 Å². The van der Waals surface area contributed by atoms with E-state index in [4.69, 9.17) is 11.6 Å². The van der Waals surface area contributed by atoms with Crippen LogP contribution in [0, 0.1) is 5.82 Å². The predicted molar refractivity (Wildman–Crippen MR) is 84.1 cm³/mol. The molecule has 2 aromatic rings. The largest absolute Gasteiger partial charge is 0.306 e. The van der Waals surface area contributed by atoms with Crippen molar-refractivity contribution in [2.75, 3.05) is 6.54 Å². The van der Waals surface area contributed by atoms with Crippen LogP contribution < -0.4 is 5.32 Å². The van der Waals surface area contributed by atoms with Gasteiger partial charge in [-0.2, -0.15) is 5.10 Å². The molecule has 0 saturated heterocycles. The highest BCUT2D eigenvalue weighted by Crippen LogP contribution is 2.26. The lowest BCUT2D eigenvalue weighted by atomic mass is 10.0. The van der Waals surface area contributed by atoms with E-state index in [2.05, 4.69) is 24.3 Å². The van der Waals surface area contributed by atoms with E-state index in [1.54, 1.807) is 12.1 Å². The van der Waals surface area contributed by atoms with Crippen LogP contribution in [0.3, 0.4) is 0 Å². The van der Waals surface area contributed by atoms with Crippen molar-refractivity contribution in [3.8, 4) is 0 Å². The summed E-state index contributed by atoms with van der Waals surface area (Å²) in [7, 11) is 0. The van der Waals surface area contributed by atoms with Crippen LogP contribution in [-0.2, 0) is 6.54 Å². The molecule has 0 aliphatic carbocycles. The number of rotatable bonds is 7. The molecule has 0 bridgehead atoms. The Morgan fingerprint density at radius 3 is 2.76 bits per heavy atom. The van der Waals surface area contributed by atoms with Gasteiger partial charge in [0.15, 0.2) is 0 Å². The maximum Gasteiger partial charge on any atom is 0.141 e. The van der Waals surface area contributed by atoms with Crippen LogP contribution >= 0.6 is 11.6 Å². The normalized spacial score (nSPS) is 12.6. The first kappa shape index (κ1) is 16.0. The van der Waals surface area contributed by atoms with Gasteiger partial charge in [0.25, 0.3) is 0 Å². The van der Waals surface area contributed by atoms with Crippen molar-refractivity contribution in [3.05, 3.63) is 52.6 Å². The molecule has 0 spiro atoms. The maximum absolute atomic E-state index is 13.4. The van der Waals surface area contributed by atoms with Crippen molar-refractivity contribution in [1.82, 2.24) is 15.1 Å². The minimum Gasteiger partial charge on any atom is -0.306 e. The van der Waals surface area contributed by atoms with Crippen LogP contribution in [0.25, 0.3) is 0 Å². The third-order valence-electron chi connectivity index (χ3n) is 3.31. The minimum absolute atomic E-state index is 0.0198. The Balaban J connectivity index is 2.29. The summed E-state index contributed by atoms with van der Waals surface area (Å²) in [5.74, 6) is -0.392. The average molecular weight is 310 g/mol. The van der Waals surface area contributed by atoms with Gasteiger partial charge in [0, 0.05) is 18.3 Å². The second-order valence-electron chi connectivity index (χ2n) is 5.10. The number of nitrogens with zero attached hydrogens (tertiary/aromatic N) is 2. The monoisotopic (exact) mass is 309 g/mol. The van der Waals surface area contributed by atoms with Gasteiger partial charge < -0.3 is 5.32 Å². The molecule has 0 aliphatic heterocycles. The summed E-state index contributed by atoms with van der Waals surface area (Å²) in [5.41, 5.74) is 2.02. The van der Waals surface area contributed by atoms with Crippen LogP contribution in [0.15, 0.2) is 30.6 Å². The molecule has 1 aromatic carbocycles. The first-order chi connectivity index (χ1) is 10.2. The van der Waals surface area contributed by atoms with Crippen molar-refractivity contribution in [3.63, 3.8) is 0 Å². The van der Waals surface area contributed by atoms with Gasteiger partial charge in [-0.05, 0) is 37.1 Å². The molecule has 1 N–H and O–H groups in total. The fourth-order valence-electron chi connectivity index (χ4n) is 2.29. The molecular weight excluding hydrogens is 289 g/mol. The topological polar surface area (TPSA) is 29.9 Å². The van der Waals surface area contributed by atoms with Crippen molar-refractivity contribution in [2.45, 2.75) is 39.3 Å². The fourth-order valence-corrected chi connectivity index (χ4v) is 2.48. The van der Waals surface area contributed by atoms with Gasteiger partial charge in [-0.3, -0.25) is 4.68 Å².